The monoisotopic (exact) mass is 1460 g/mol. The molecule has 0 unspecified atom stereocenters. The van der Waals surface area contributed by atoms with Crippen LogP contribution < -0.4 is 31.5 Å². The lowest BCUT2D eigenvalue weighted by Gasteiger charge is -2.31. The van der Waals surface area contributed by atoms with Gasteiger partial charge in [0, 0.05) is 179 Å². The molecule has 0 amide bonds. The van der Waals surface area contributed by atoms with Gasteiger partial charge in [-0.3, -0.25) is 0 Å². The van der Waals surface area contributed by atoms with Gasteiger partial charge in [0.25, 0.3) is 0 Å². The molecule has 6 aliphatic rings. The van der Waals surface area contributed by atoms with Crippen LogP contribution in [-0.2, 0) is 34.4 Å². The average Bonchev–Trinajstić information content (AvgIpc) is 1.66. The van der Waals surface area contributed by atoms with E-state index in [1.54, 1.807) is 16.4 Å². The second kappa shape index (κ2) is 36.9. The van der Waals surface area contributed by atoms with Crippen molar-refractivity contribution in [3.05, 3.63) is 110 Å². The van der Waals surface area contributed by atoms with Crippen molar-refractivity contribution in [3.8, 4) is 33.4 Å². The number of piperazine rings is 1. The van der Waals surface area contributed by atoms with Crippen LogP contribution in [0.3, 0.4) is 0 Å². The second-order valence-electron chi connectivity index (χ2n) is 31.7. The molecule has 0 atom stereocenters. The maximum absolute atomic E-state index is 13.2. The lowest BCUT2D eigenvalue weighted by Crippen LogP contribution is -2.46. The summed E-state index contributed by atoms with van der Waals surface area (Å²) in [4.78, 5) is 36.3. The number of morpholine rings is 1. The molecule has 3 saturated heterocycles. The molecule has 3 aliphatic carbocycles. The molecule has 3 saturated carbocycles. The normalized spacial score (nSPS) is 21.3. The number of fused-ring (bicyclic) bond motifs is 3. The largest absolute Gasteiger partial charge is 0.378 e. The van der Waals surface area contributed by atoms with Crippen molar-refractivity contribution in [1.29, 1.82) is 0 Å². The number of benzene rings is 3. The van der Waals surface area contributed by atoms with E-state index in [0.717, 1.165) is 216 Å². The molecule has 20 nitrogen and oxygen atoms in total. The van der Waals surface area contributed by atoms with E-state index < -0.39 is 10.0 Å². The molecule has 0 radical (unpaired) electrons. The van der Waals surface area contributed by atoms with E-state index in [-0.39, 0.29) is 0 Å². The maximum atomic E-state index is 13.2. The summed E-state index contributed by atoms with van der Waals surface area (Å²) >= 11 is 0. The third-order valence-corrected chi connectivity index (χ3v) is 25.4. The molecular weight excluding hydrogens is 1340 g/mol. The number of likely N-dealkylation sites (N-methyl/N-ethyl adjacent to an activating group) is 1. The van der Waals surface area contributed by atoms with Crippen LogP contribution in [0.4, 0.5) is 29.2 Å². The summed E-state index contributed by atoms with van der Waals surface area (Å²) in [5, 5.41) is 13.5. The van der Waals surface area contributed by atoms with Crippen LogP contribution in [0.15, 0.2) is 115 Å². The molecule has 15 rings (SSSR count). The van der Waals surface area contributed by atoms with Gasteiger partial charge in [-0.05, 0) is 180 Å². The van der Waals surface area contributed by atoms with Crippen molar-refractivity contribution < 1.29 is 13.2 Å². The highest BCUT2D eigenvalue weighted by molar-refractivity contribution is 7.89. The van der Waals surface area contributed by atoms with Crippen LogP contribution in [0.1, 0.15) is 169 Å². The van der Waals surface area contributed by atoms with Crippen molar-refractivity contribution in [1.82, 2.24) is 52.8 Å². The van der Waals surface area contributed by atoms with Gasteiger partial charge >= 0.3 is 0 Å². The molecule has 6 fully saturated rings. The first kappa shape index (κ1) is 76.5. The molecule has 3 aromatic carbocycles. The van der Waals surface area contributed by atoms with Crippen LogP contribution in [0.25, 0.3) is 66.5 Å². The number of aromatic nitrogens is 9. The lowest BCUT2D eigenvalue weighted by atomic mass is 9.83. The maximum Gasteiger partial charge on any atom is 0.243 e. The van der Waals surface area contributed by atoms with E-state index >= 15 is 0 Å². The summed E-state index contributed by atoms with van der Waals surface area (Å²) in [5.41, 5.74) is 18.8. The minimum Gasteiger partial charge on any atom is -0.378 e. The number of nitrogens with zero attached hydrogens (tertiary/aromatic N) is 13. The van der Waals surface area contributed by atoms with Gasteiger partial charge in [0.05, 0.1) is 18.1 Å². The van der Waals surface area contributed by atoms with Gasteiger partial charge in [-0.25, -0.2) is 23.4 Å². The molecule has 6 aromatic heterocycles. The predicted molar refractivity (Wildman–Crippen MR) is 437 cm³/mol. The summed E-state index contributed by atoms with van der Waals surface area (Å²) in [5.74, 6) is 5.94. The van der Waals surface area contributed by atoms with Crippen LogP contribution in [0.5, 0.6) is 0 Å². The smallest absolute Gasteiger partial charge is 0.243 e. The Morgan fingerprint density at radius 3 is 1.19 bits per heavy atom. The Hall–Kier alpha value is -7.69. The Bertz CT molecular complexity index is 4150. The highest BCUT2D eigenvalue weighted by atomic mass is 32.2. The van der Waals surface area contributed by atoms with Crippen molar-refractivity contribution in [2.75, 3.05) is 118 Å². The minimum atomic E-state index is -3.50. The summed E-state index contributed by atoms with van der Waals surface area (Å²) in [7, 11) is -1.48. The number of nitrogens with one attached hydrogen (secondary N) is 3. The quantitative estimate of drug-likeness (QED) is 0.0392. The molecule has 21 heteroatoms. The minimum absolute atomic E-state index is 0.320. The fraction of sp³-hybridized carbons (Fsp3) is 0.576. The number of unbranched alkanes of at least 4 members (excludes halogenated alkanes) is 3. The Morgan fingerprint density at radius 1 is 0.453 bits per heavy atom. The highest BCUT2D eigenvalue weighted by Crippen LogP contribution is 2.39. The van der Waals surface area contributed by atoms with E-state index in [1.807, 2.05) is 37.8 Å². The summed E-state index contributed by atoms with van der Waals surface area (Å²) in [6, 6.07) is 25.8. The fourth-order valence-electron chi connectivity index (χ4n) is 16.6. The van der Waals surface area contributed by atoms with Gasteiger partial charge in [0.2, 0.25) is 27.9 Å². The number of ether oxygens (including phenoxy) is 1. The van der Waals surface area contributed by atoms with E-state index in [9.17, 15) is 8.42 Å². The molecule has 9 aromatic rings. The van der Waals surface area contributed by atoms with E-state index in [4.69, 9.17) is 25.4 Å². The molecule has 0 bridgehead atoms. The SMILES string of the molecule is CCCCNc1ncc2c(-c3ccc(N4CCCCC4)cc3)cn(CC3CCC(C)CC3)c2n1.CCCCNc1ncc2c(-c3ccc(N4CCOCC4)cc3)cn(CC3CCC(C)CC3)c2n1.CCCCNc1ncc2c(-c3ccc(S(=O)(=O)N4CCN(C)CC4)cc3)cn(CC3CCC(N)CC3)c2n1. The lowest BCUT2D eigenvalue weighted by molar-refractivity contribution is 0.122. The zero-order valence-electron chi connectivity index (χ0n) is 64.5. The van der Waals surface area contributed by atoms with E-state index in [1.165, 1.54) is 124 Å². The molecule has 570 valence electrons. The number of hydrogen-bond acceptors (Lipinski definition) is 16. The van der Waals surface area contributed by atoms with Crippen molar-refractivity contribution in [2.24, 2.45) is 35.3 Å². The third-order valence-electron chi connectivity index (χ3n) is 23.5. The highest BCUT2D eigenvalue weighted by Gasteiger charge is 2.30. The summed E-state index contributed by atoms with van der Waals surface area (Å²) < 4.78 is 40.6. The van der Waals surface area contributed by atoms with Crippen LogP contribution in [0, 0.1) is 29.6 Å². The Balaban J connectivity index is 0.000000141. The Labute approximate surface area is 631 Å². The van der Waals surface area contributed by atoms with Gasteiger partial charge in [0.15, 0.2) is 0 Å². The van der Waals surface area contributed by atoms with Gasteiger partial charge in [-0.1, -0.05) is 116 Å². The van der Waals surface area contributed by atoms with Gasteiger partial charge < -0.3 is 54.8 Å². The number of sulfonamides is 1. The van der Waals surface area contributed by atoms with Crippen molar-refractivity contribution in [3.63, 3.8) is 0 Å². The zero-order valence-corrected chi connectivity index (χ0v) is 65.4. The Morgan fingerprint density at radius 2 is 0.811 bits per heavy atom. The van der Waals surface area contributed by atoms with E-state index in [0.29, 0.717) is 35.9 Å². The second-order valence-corrected chi connectivity index (χ2v) is 33.7. The number of nitrogens with two attached hydrogens (primary N) is 1. The fourth-order valence-corrected chi connectivity index (χ4v) is 18.0. The van der Waals surface area contributed by atoms with Crippen molar-refractivity contribution >= 4 is 72.3 Å². The topological polar surface area (TPSA) is 211 Å². The summed E-state index contributed by atoms with van der Waals surface area (Å²) in [6.07, 6.45) is 38.6. The molecule has 3 aliphatic heterocycles. The summed E-state index contributed by atoms with van der Waals surface area (Å²) in [6.45, 7) is 25.5. The molecule has 0 spiro atoms. The number of rotatable bonds is 25. The van der Waals surface area contributed by atoms with Crippen molar-refractivity contribution in [2.45, 2.75) is 200 Å². The molecule has 9 heterocycles. The Kier molecular flexibility index (Phi) is 26.7. The van der Waals surface area contributed by atoms with Gasteiger partial charge in [-0.15, -0.1) is 0 Å². The third kappa shape index (κ3) is 19.4. The molecular formula is C85H121N17O3S. The first-order valence-electron chi connectivity index (χ1n) is 40.9. The van der Waals surface area contributed by atoms with E-state index in [2.05, 4.69) is 161 Å². The average molecular weight is 1460 g/mol. The van der Waals surface area contributed by atoms with Gasteiger partial charge in [-0.2, -0.15) is 19.3 Å². The first-order valence-corrected chi connectivity index (χ1v) is 42.3. The van der Waals surface area contributed by atoms with Crippen LogP contribution in [-0.4, -0.2) is 160 Å². The predicted octanol–water partition coefficient (Wildman–Crippen LogP) is 16.9. The first-order chi connectivity index (χ1) is 51.8. The number of piperidine rings is 1. The molecule has 5 N–H and O–H groups in total. The molecule has 106 heavy (non-hydrogen) atoms. The number of anilines is 5. The number of hydrogen-bond donors (Lipinski definition) is 4. The zero-order chi connectivity index (χ0) is 73.4. The van der Waals surface area contributed by atoms with Gasteiger partial charge in [0.1, 0.15) is 16.9 Å². The van der Waals surface area contributed by atoms with Crippen LogP contribution in [0.2, 0.25) is 0 Å². The standard InChI is InChI=1S/C29H41N5.C28H41N7O2S.C28H39N5O/c1-3-4-16-30-29-31-19-26-27(24-12-14-25(15-13-24)33-17-6-5-7-18-33)21-34(28(26)32-29)20-23-10-8-22(2)9-11-23;1-3-4-13-30-28-31-18-25-26(20-34(27(25)32-28)19-21-5-9-23(29)10-6-21)22-7-11-24(12-8-22)38(36,37)35-16-14-33(2)15-17-35;1-3-4-13-29-28-30-18-25-26(23-9-11-24(12-10-23)32-14-16-34-17-15-32)20-33(27(25)31-28)19-22-7-5-21(2)6-8-22/h12-15,19,21-23H,3-11,16-18,20H2,1-2H3,(H,30,31,32);7-8,11-12,18,20-21,23H,3-6,9-10,13-17,19,29H2,1-2H3,(H,30,31,32);9-12,18,20-22H,3-8,13-17,19H2,1-2H3,(H,29,30,31). The van der Waals surface area contributed by atoms with Crippen LogP contribution >= 0.6 is 0 Å².